The Labute approximate surface area is 199 Å². The van der Waals surface area contributed by atoms with Crippen LogP contribution in [0.25, 0.3) is 22.4 Å². The maximum atomic E-state index is 9.38. The summed E-state index contributed by atoms with van der Waals surface area (Å²) in [6.07, 6.45) is 1.70. The van der Waals surface area contributed by atoms with E-state index in [1.165, 1.54) is 0 Å². The lowest BCUT2D eigenvalue weighted by Gasteiger charge is -2.37. The molecule has 1 atom stereocenters. The van der Waals surface area contributed by atoms with Gasteiger partial charge in [-0.1, -0.05) is 36.3 Å². The van der Waals surface area contributed by atoms with Crippen LogP contribution in [0.3, 0.4) is 0 Å². The number of fused-ring (bicyclic) bond motifs is 1. The maximum Gasteiger partial charge on any atom is 0.258 e. The number of benzene rings is 2. The van der Waals surface area contributed by atoms with E-state index in [0.717, 1.165) is 66.4 Å². The summed E-state index contributed by atoms with van der Waals surface area (Å²) in [4.78, 5) is 9.00. The molecule has 3 heterocycles. The second-order valence-electron chi connectivity index (χ2n) is 8.75. The summed E-state index contributed by atoms with van der Waals surface area (Å²) in [5.41, 5.74) is 4.04. The molecule has 0 aliphatic carbocycles. The predicted octanol–water partition coefficient (Wildman–Crippen LogP) is 4.60. The molecule has 0 unspecified atom stereocenters. The second kappa shape index (κ2) is 9.94. The van der Waals surface area contributed by atoms with Gasteiger partial charge < -0.3 is 14.2 Å². The van der Waals surface area contributed by atoms with Gasteiger partial charge in [0, 0.05) is 50.4 Å². The van der Waals surface area contributed by atoms with Crippen molar-refractivity contribution >= 4 is 16.8 Å². The maximum absolute atomic E-state index is 9.38. The first-order valence-electron chi connectivity index (χ1n) is 11.6. The Kier molecular flexibility index (Phi) is 6.41. The number of hydrogen-bond acceptors (Lipinski definition) is 7. The summed E-state index contributed by atoms with van der Waals surface area (Å²) in [5, 5.41) is 14.5. The highest BCUT2D eigenvalue weighted by Crippen LogP contribution is 2.29. The summed E-state index contributed by atoms with van der Waals surface area (Å²) < 4.78 is 11.5. The largest absolute Gasteiger partial charge is 0.493 e. The SMILES string of the molecule is C[C@@H](COc1cccc(-c2noc3ncccc23)c1)CN1CCN(c2ccccc2C#N)CC1. The van der Waals surface area contributed by atoms with Gasteiger partial charge in [0.1, 0.15) is 17.5 Å². The van der Waals surface area contributed by atoms with E-state index in [0.29, 0.717) is 18.2 Å². The number of nitriles is 1. The molecule has 1 saturated heterocycles. The minimum atomic E-state index is 0.388. The zero-order chi connectivity index (χ0) is 23.3. The van der Waals surface area contributed by atoms with Crippen LogP contribution in [0.5, 0.6) is 5.75 Å². The van der Waals surface area contributed by atoms with Crippen LogP contribution in [0.1, 0.15) is 12.5 Å². The highest BCUT2D eigenvalue weighted by atomic mass is 16.5. The second-order valence-corrected chi connectivity index (χ2v) is 8.75. The molecular formula is C27H27N5O2. The van der Waals surface area contributed by atoms with Crippen molar-refractivity contribution in [3.8, 4) is 23.1 Å². The molecule has 0 amide bonds. The minimum Gasteiger partial charge on any atom is -0.493 e. The number of pyridine rings is 1. The summed E-state index contributed by atoms with van der Waals surface area (Å²) in [7, 11) is 0. The predicted molar refractivity (Wildman–Crippen MR) is 132 cm³/mol. The molecule has 7 nitrogen and oxygen atoms in total. The summed E-state index contributed by atoms with van der Waals surface area (Å²) >= 11 is 0. The number of nitrogens with zero attached hydrogens (tertiary/aromatic N) is 5. The Morgan fingerprint density at radius 2 is 1.91 bits per heavy atom. The third-order valence-electron chi connectivity index (χ3n) is 6.20. The van der Waals surface area contributed by atoms with E-state index < -0.39 is 0 Å². The molecule has 7 heteroatoms. The quantitative estimate of drug-likeness (QED) is 0.405. The Morgan fingerprint density at radius 1 is 1.06 bits per heavy atom. The molecule has 0 radical (unpaired) electrons. The van der Waals surface area contributed by atoms with Crippen LogP contribution in [0.15, 0.2) is 71.4 Å². The summed E-state index contributed by atoms with van der Waals surface area (Å²) in [5.74, 6) is 1.21. The van der Waals surface area contributed by atoms with Crippen LogP contribution in [-0.2, 0) is 0 Å². The third kappa shape index (κ3) is 4.73. The van der Waals surface area contributed by atoms with Crippen molar-refractivity contribution in [1.82, 2.24) is 15.0 Å². The number of piperazine rings is 1. The van der Waals surface area contributed by atoms with Crippen LogP contribution in [0.4, 0.5) is 5.69 Å². The van der Waals surface area contributed by atoms with Crippen LogP contribution < -0.4 is 9.64 Å². The smallest absolute Gasteiger partial charge is 0.258 e. The topological polar surface area (TPSA) is 78.4 Å². The van der Waals surface area contributed by atoms with Crippen LogP contribution >= 0.6 is 0 Å². The van der Waals surface area contributed by atoms with Gasteiger partial charge in [-0.05, 0) is 36.4 Å². The van der Waals surface area contributed by atoms with Gasteiger partial charge in [0.05, 0.1) is 23.2 Å². The standard InChI is InChI=1S/C27H27N5O2/c1-20(18-31-12-14-32(15-13-31)25-10-3-2-6-22(25)17-28)19-33-23-8-4-7-21(16-23)26-24-9-5-11-29-27(24)34-30-26/h2-11,16,20H,12-15,18-19H2,1H3/t20-/m1/s1. The Hall–Kier alpha value is -3.89. The molecule has 0 bridgehead atoms. The normalized spacial score (nSPS) is 15.2. The van der Waals surface area contributed by atoms with E-state index in [1.807, 2.05) is 60.7 Å². The van der Waals surface area contributed by atoms with Gasteiger partial charge in [0.2, 0.25) is 0 Å². The van der Waals surface area contributed by atoms with E-state index in [2.05, 4.69) is 32.9 Å². The lowest BCUT2D eigenvalue weighted by Crippen LogP contribution is -2.48. The molecule has 0 N–H and O–H groups in total. The van der Waals surface area contributed by atoms with Crippen LogP contribution in [-0.4, -0.2) is 54.4 Å². The van der Waals surface area contributed by atoms with Gasteiger partial charge in [-0.2, -0.15) is 5.26 Å². The number of rotatable bonds is 7. The zero-order valence-corrected chi connectivity index (χ0v) is 19.2. The number of anilines is 1. The van der Waals surface area contributed by atoms with E-state index >= 15 is 0 Å². The van der Waals surface area contributed by atoms with Crippen molar-refractivity contribution in [3.63, 3.8) is 0 Å². The van der Waals surface area contributed by atoms with E-state index in [-0.39, 0.29) is 0 Å². The summed E-state index contributed by atoms with van der Waals surface area (Å²) in [6.45, 7) is 7.65. The van der Waals surface area contributed by atoms with Crippen LogP contribution in [0.2, 0.25) is 0 Å². The number of aromatic nitrogens is 2. The molecule has 0 spiro atoms. The van der Waals surface area contributed by atoms with E-state index in [1.54, 1.807) is 6.20 Å². The van der Waals surface area contributed by atoms with Crippen LogP contribution in [0, 0.1) is 17.2 Å². The first-order chi connectivity index (χ1) is 16.7. The molecule has 34 heavy (non-hydrogen) atoms. The first-order valence-corrected chi connectivity index (χ1v) is 11.6. The van der Waals surface area contributed by atoms with E-state index in [9.17, 15) is 5.26 Å². The summed E-state index contributed by atoms with van der Waals surface area (Å²) in [6, 6.07) is 21.9. The average molecular weight is 454 g/mol. The average Bonchev–Trinajstić information content (AvgIpc) is 3.32. The molecule has 1 aliphatic heterocycles. The highest BCUT2D eigenvalue weighted by molar-refractivity contribution is 5.89. The Balaban J connectivity index is 1.14. The Morgan fingerprint density at radius 3 is 2.76 bits per heavy atom. The molecule has 0 saturated carbocycles. The first kappa shape index (κ1) is 21.9. The van der Waals surface area contributed by atoms with Crippen molar-refractivity contribution < 1.29 is 9.26 Å². The number of ether oxygens (including phenoxy) is 1. The molecular weight excluding hydrogens is 426 g/mol. The zero-order valence-electron chi connectivity index (χ0n) is 19.2. The van der Waals surface area contributed by atoms with Crippen molar-refractivity contribution in [2.24, 2.45) is 5.92 Å². The van der Waals surface area contributed by atoms with Crippen molar-refractivity contribution in [2.45, 2.75) is 6.92 Å². The van der Waals surface area contributed by atoms with Crippen molar-refractivity contribution in [3.05, 3.63) is 72.4 Å². The number of hydrogen-bond donors (Lipinski definition) is 0. The van der Waals surface area contributed by atoms with Gasteiger partial charge in [-0.3, -0.25) is 4.90 Å². The monoisotopic (exact) mass is 453 g/mol. The number of para-hydroxylation sites is 1. The molecule has 1 aliphatic rings. The fourth-order valence-corrected chi connectivity index (χ4v) is 4.47. The van der Waals surface area contributed by atoms with Crippen molar-refractivity contribution in [2.75, 3.05) is 44.2 Å². The van der Waals surface area contributed by atoms with E-state index in [4.69, 9.17) is 9.26 Å². The van der Waals surface area contributed by atoms with Gasteiger partial charge in [0.15, 0.2) is 0 Å². The third-order valence-corrected chi connectivity index (χ3v) is 6.20. The van der Waals surface area contributed by atoms with Gasteiger partial charge in [-0.15, -0.1) is 0 Å². The molecule has 172 valence electrons. The minimum absolute atomic E-state index is 0.388. The van der Waals surface area contributed by atoms with Gasteiger partial charge in [-0.25, -0.2) is 4.98 Å². The molecule has 2 aromatic heterocycles. The Bertz CT molecular complexity index is 1300. The lowest BCUT2D eigenvalue weighted by atomic mass is 10.1. The van der Waals surface area contributed by atoms with Crippen molar-refractivity contribution in [1.29, 1.82) is 5.26 Å². The lowest BCUT2D eigenvalue weighted by molar-refractivity contribution is 0.179. The fraction of sp³-hybridized carbons (Fsp3) is 0.296. The molecule has 5 rings (SSSR count). The van der Waals surface area contributed by atoms with Gasteiger partial charge in [0.25, 0.3) is 5.71 Å². The fourth-order valence-electron chi connectivity index (χ4n) is 4.47. The van der Waals surface area contributed by atoms with Gasteiger partial charge >= 0.3 is 0 Å². The molecule has 4 aromatic rings. The highest BCUT2D eigenvalue weighted by Gasteiger charge is 2.20. The molecule has 2 aromatic carbocycles. The molecule has 1 fully saturated rings.